The number of halogens is 5. The summed E-state index contributed by atoms with van der Waals surface area (Å²) in [6, 6.07) is 27.6. The summed E-state index contributed by atoms with van der Waals surface area (Å²) < 4.78 is 69.5. The molecule has 1 aliphatic heterocycles. The van der Waals surface area contributed by atoms with Crippen molar-refractivity contribution in [3.63, 3.8) is 0 Å². The maximum absolute atomic E-state index is 13.1. The molecule has 5 N–H and O–H groups in total. The SMILES string of the molecule is C.C=C(C)B1OC(C)(C)C(C)(C)O1.C=C(C)c1cc(C(=O)O)c(=O)n(-c2ccc(F)cc2)c1C.C=C(C)c1cc(C(C)=O)c(=O)n(-c2ccc(F)cc2)c1C.CC(=O)c1cc(Br)c(C)n(-c2ccc(F)cc2)c1=O.Cc1c(C(C)C)cc(C(=O)O)c(=O)n1-c1ccc(F)cc1.O.[Li+].[OH-]. The fraction of sp³-hybridized carbons (Fsp3) is 0.260. The minimum Gasteiger partial charge on any atom is -0.870 e. The van der Waals surface area contributed by atoms with Gasteiger partial charge in [-0.25, -0.2) is 27.2 Å². The van der Waals surface area contributed by atoms with Gasteiger partial charge in [-0.2, -0.15) is 0 Å². The molecule has 5 heterocycles. The van der Waals surface area contributed by atoms with Crippen LogP contribution in [0.5, 0.6) is 0 Å². The number of nitrogens with zero attached hydrogens (tertiary/aromatic N) is 4. The summed E-state index contributed by atoms with van der Waals surface area (Å²) in [5.41, 5.74) is 5.87. The van der Waals surface area contributed by atoms with E-state index < -0.39 is 45.8 Å². The van der Waals surface area contributed by atoms with Gasteiger partial charge < -0.3 is 30.5 Å². The first-order valence-electron chi connectivity index (χ1n) is 29.2. The van der Waals surface area contributed by atoms with Crippen molar-refractivity contribution in [1.82, 2.24) is 18.3 Å². The molecule has 1 fully saturated rings. The van der Waals surface area contributed by atoms with Gasteiger partial charge in [0.1, 0.15) is 34.4 Å². The third-order valence-corrected chi connectivity index (χ3v) is 16.3. The van der Waals surface area contributed by atoms with Gasteiger partial charge in [0.25, 0.3) is 22.2 Å². The first kappa shape index (κ1) is 86.9. The quantitative estimate of drug-likeness (QED) is 0.0655. The molecule has 0 saturated carbocycles. The summed E-state index contributed by atoms with van der Waals surface area (Å²) >= 11 is 3.33. The van der Waals surface area contributed by atoms with Crippen LogP contribution in [0.3, 0.4) is 0 Å². The molecule has 516 valence electrons. The Kier molecular flexibility index (Phi) is 31.9. The van der Waals surface area contributed by atoms with Crippen LogP contribution in [0.2, 0.25) is 0 Å². The molecule has 0 spiro atoms. The number of benzene rings is 4. The van der Waals surface area contributed by atoms with Gasteiger partial charge in [-0.05, 0) is 261 Å². The van der Waals surface area contributed by atoms with Crippen molar-refractivity contribution in [1.29, 1.82) is 0 Å². The van der Waals surface area contributed by atoms with Crippen LogP contribution in [0.25, 0.3) is 33.9 Å². The van der Waals surface area contributed by atoms with Gasteiger partial charge in [0.15, 0.2) is 11.6 Å². The third-order valence-electron chi connectivity index (χ3n) is 15.5. The molecule has 0 aliphatic carbocycles. The smallest absolute Gasteiger partial charge is 0.870 e. The van der Waals surface area contributed by atoms with E-state index in [1.165, 1.54) is 147 Å². The number of Topliss-reactive ketones (excluding diaryl/α,β-unsaturated/α-hetero) is 2. The van der Waals surface area contributed by atoms with E-state index in [4.69, 9.17) is 9.31 Å². The maximum atomic E-state index is 13.1. The number of aromatic nitrogens is 4. The van der Waals surface area contributed by atoms with Crippen molar-refractivity contribution in [2.45, 2.75) is 128 Å². The largest absolute Gasteiger partial charge is 1.00 e. The first-order chi connectivity index (χ1) is 43.6. The zero-order chi connectivity index (χ0) is 70.9. The average Bonchev–Trinajstić information content (AvgIpc) is 1.12. The van der Waals surface area contributed by atoms with Gasteiger partial charge in [0.05, 0.1) is 22.3 Å². The second-order valence-electron chi connectivity index (χ2n) is 23.5. The van der Waals surface area contributed by atoms with Crippen LogP contribution >= 0.6 is 15.9 Å². The number of hydrogen-bond acceptors (Lipinski definition) is 11. The molecule has 4 aromatic heterocycles. The van der Waals surface area contributed by atoms with Gasteiger partial charge in [0, 0.05) is 50.0 Å². The van der Waals surface area contributed by atoms with Gasteiger partial charge in [-0.15, -0.1) is 6.58 Å². The minimum atomic E-state index is -1.31. The Morgan fingerprint density at radius 1 is 0.469 bits per heavy atom. The number of carboxylic acids is 2. The average molecular weight is 1410 g/mol. The normalized spacial score (nSPS) is 12.0. The topological polar surface area (TPSA) is 277 Å². The number of ketones is 2. The van der Waals surface area contributed by atoms with Crippen LogP contribution in [0.4, 0.5) is 17.6 Å². The number of allylic oxidation sites excluding steroid dienone is 3. The summed E-state index contributed by atoms with van der Waals surface area (Å²) in [7, 11) is -0.241. The van der Waals surface area contributed by atoms with Crippen molar-refractivity contribution >= 4 is 57.7 Å². The summed E-state index contributed by atoms with van der Waals surface area (Å²) in [5.74, 6) is -4.73. The molecule has 0 bridgehead atoms. The summed E-state index contributed by atoms with van der Waals surface area (Å²) in [4.78, 5) is 95.2. The first-order valence-corrected chi connectivity index (χ1v) is 30.0. The number of rotatable bonds is 12. The molecule has 9 rings (SSSR count). The number of aromatic carboxylic acids is 2. The molecule has 25 heteroatoms. The summed E-state index contributed by atoms with van der Waals surface area (Å²) in [6.07, 6.45) is 0. The Bertz CT molecular complexity index is 4390. The minimum absolute atomic E-state index is 0. The van der Waals surface area contributed by atoms with E-state index >= 15 is 0 Å². The Labute approximate surface area is 587 Å². The van der Waals surface area contributed by atoms with Gasteiger partial charge in [0.2, 0.25) is 0 Å². The summed E-state index contributed by atoms with van der Waals surface area (Å²) in [5, 5.41) is 18.4. The van der Waals surface area contributed by atoms with Gasteiger partial charge in [-0.3, -0.25) is 47.0 Å². The molecule has 0 atom stereocenters. The van der Waals surface area contributed by atoms with E-state index in [9.17, 15) is 66.1 Å². The molecule has 98 heavy (non-hydrogen) atoms. The number of carbonyl (C=O) groups excluding carboxylic acids is 2. The molecular weight excluding hydrogens is 1330 g/mol. The molecule has 0 amide bonds. The van der Waals surface area contributed by atoms with Crippen LogP contribution in [0.1, 0.15) is 170 Å². The van der Waals surface area contributed by atoms with E-state index in [2.05, 4.69) is 35.7 Å². The van der Waals surface area contributed by atoms with Crippen molar-refractivity contribution < 1.29 is 86.1 Å². The van der Waals surface area contributed by atoms with Crippen LogP contribution < -0.4 is 41.1 Å². The summed E-state index contributed by atoms with van der Waals surface area (Å²) in [6.45, 7) is 38.6. The molecule has 8 aromatic rings. The molecule has 4 aromatic carbocycles. The molecule has 18 nitrogen and oxygen atoms in total. The molecule has 1 aliphatic rings. The Hall–Kier alpha value is -9.12. The van der Waals surface area contributed by atoms with Crippen LogP contribution in [-0.4, -0.2) is 81.3 Å². The second-order valence-corrected chi connectivity index (χ2v) is 24.4. The zero-order valence-electron chi connectivity index (χ0n) is 56.9. The van der Waals surface area contributed by atoms with Crippen LogP contribution in [0.15, 0.2) is 170 Å². The van der Waals surface area contributed by atoms with E-state index in [1.807, 2.05) is 55.4 Å². The van der Waals surface area contributed by atoms with E-state index in [0.29, 0.717) is 61.1 Å². The number of carbonyl (C=O) groups is 4. The predicted octanol–water partition coefficient (Wildman–Crippen LogP) is 11.7. The van der Waals surface area contributed by atoms with Gasteiger partial charge >= 0.3 is 37.9 Å². The second kappa shape index (κ2) is 35.9. The number of carboxylic acid groups (broad SMARTS) is 2. The van der Waals surface area contributed by atoms with Crippen molar-refractivity contribution in [2.75, 3.05) is 0 Å². The van der Waals surface area contributed by atoms with Crippen LogP contribution in [0, 0.1) is 51.0 Å². The Morgan fingerprint density at radius 2 is 0.724 bits per heavy atom. The fourth-order valence-corrected chi connectivity index (χ4v) is 10.1. The Morgan fingerprint density at radius 3 is 0.980 bits per heavy atom. The van der Waals surface area contributed by atoms with Crippen LogP contribution in [-0.2, 0) is 9.31 Å². The number of pyridine rings is 4. The maximum Gasteiger partial charge on any atom is 1.00 e. The fourth-order valence-electron chi connectivity index (χ4n) is 9.71. The van der Waals surface area contributed by atoms with E-state index in [1.54, 1.807) is 40.7 Å². The Balaban J connectivity index is 0.000000612. The molecule has 1 saturated heterocycles. The molecular formula is C73H81BBrF4LiN4O14. The molecule has 0 unspecified atom stereocenters. The van der Waals surface area contributed by atoms with E-state index in [-0.39, 0.29) is 107 Å². The van der Waals surface area contributed by atoms with Crippen molar-refractivity contribution in [3.05, 3.63) is 277 Å². The standard InChI is InChI=1S/C17H16FNO2.C16H16FNO3.C16H14FNO3.C14H11BrFNO2.C9H17BO2.CH4.Li.2H2O/c1-10(2)15-9-16(12(4)20)17(21)19(11(15)3)14-7-5-13(18)6-8-14;2*1-9(2)13-8-14(16(20)21)15(19)18(10(13)3)12-6-4-11(17)5-7-12;1-8-13(15)7-12(9(2)18)14(19)17(8)11-5-3-10(16)4-6-11;1-7(2)10-11-8(3,4)9(5,6)12-10;;;;/h5-9H,1H2,2-4H3;4-9H,1-3H3,(H,20,21);4-8H,1H2,2-3H3,(H,20,21);3-7H,1-2H3;1H2,2-6H3;1H4;;2*1H2/q;;;;;;+1;;/p-1. The third kappa shape index (κ3) is 20.3. The predicted molar refractivity (Wildman–Crippen MR) is 375 cm³/mol. The zero-order valence-corrected chi connectivity index (χ0v) is 58.5. The molecule has 0 radical (unpaired) electrons. The van der Waals surface area contributed by atoms with Gasteiger partial charge in [-0.1, -0.05) is 39.9 Å². The van der Waals surface area contributed by atoms with Crippen molar-refractivity contribution in [2.24, 2.45) is 0 Å². The monoisotopic (exact) mass is 1410 g/mol. The van der Waals surface area contributed by atoms with E-state index in [0.717, 1.165) is 22.2 Å². The number of hydrogen-bond donors (Lipinski definition) is 2. The van der Waals surface area contributed by atoms with Crippen molar-refractivity contribution in [3.8, 4) is 22.7 Å².